The molecule has 0 spiro atoms. The van der Waals surface area contributed by atoms with Gasteiger partial charge in [-0.15, -0.1) is 0 Å². The van der Waals surface area contributed by atoms with Gasteiger partial charge in [0, 0.05) is 31.9 Å². The third-order valence-electron chi connectivity index (χ3n) is 6.53. The molecular weight excluding hydrogens is 493 g/mol. The molecule has 3 aromatic rings. The van der Waals surface area contributed by atoms with E-state index in [-0.39, 0.29) is 17.7 Å². The van der Waals surface area contributed by atoms with Crippen molar-refractivity contribution in [2.75, 3.05) is 54.5 Å². The minimum atomic E-state index is -1.19. The van der Waals surface area contributed by atoms with Crippen LogP contribution in [0, 0.1) is 5.82 Å². The quantitative estimate of drug-likeness (QED) is 0.451. The maximum atomic E-state index is 15.1. The van der Waals surface area contributed by atoms with Crippen molar-refractivity contribution < 1.29 is 33.0 Å². The third-order valence-corrected chi connectivity index (χ3v) is 6.53. The SMILES string of the molecule is COC(=O)c1cccc(C(=O)O[C@H]2CN(c3ccc(N4CCN(c5ccccc5)CC4)c(F)c3)C(=O)O2)c1. The number of amides is 1. The number of benzene rings is 3. The number of rotatable bonds is 6. The maximum absolute atomic E-state index is 15.1. The lowest BCUT2D eigenvalue weighted by atomic mass is 10.1. The van der Waals surface area contributed by atoms with Crippen molar-refractivity contribution >= 4 is 35.1 Å². The van der Waals surface area contributed by atoms with E-state index in [1.165, 1.54) is 42.3 Å². The molecule has 2 aliphatic heterocycles. The van der Waals surface area contributed by atoms with E-state index < -0.39 is 30.1 Å². The molecule has 9 nitrogen and oxygen atoms in total. The maximum Gasteiger partial charge on any atom is 0.417 e. The molecule has 196 valence electrons. The van der Waals surface area contributed by atoms with Crippen molar-refractivity contribution in [3.63, 3.8) is 0 Å². The van der Waals surface area contributed by atoms with Crippen molar-refractivity contribution in [2.24, 2.45) is 0 Å². The number of esters is 2. The Labute approximate surface area is 218 Å². The molecule has 0 radical (unpaired) electrons. The summed E-state index contributed by atoms with van der Waals surface area (Å²) in [5.74, 6) is -1.82. The predicted molar refractivity (Wildman–Crippen MR) is 138 cm³/mol. The molecule has 0 saturated carbocycles. The van der Waals surface area contributed by atoms with Crippen LogP contribution in [0.5, 0.6) is 0 Å². The molecule has 1 atom stereocenters. The van der Waals surface area contributed by atoms with Crippen LogP contribution in [0.4, 0.5) is 26.2 Å². The van der Waals surface area contributed by atoms with Gasteiger partial charge < -0.3 is 24.0 Å². The van der Waals surface area contributed by atoms with Crippen molar-refractivity contribution in [3.05, 3.63) is 89.7 Å². The topological polar surface area (TPSA) is 88.6 Å². The summed E-state index contributed by atoms with van der Waals surface area (Å²) in [4.78, 5) is 42.2. The lowest BCUT2D eigenvalue weighted by molar-refractivity contribution is -0.0450. The fraction of sp³-hybridized carbons (Fsp3) is 0.250. The van der Waals surface area contributed by atoms with E-state index in [1.807, 2.05) is 23.1 Å². The molecule has 1 amide bonds. The van der Waals surface area contributed by atoms with E-state index in [1.54, 1.807) is 12.1 Å². The first-order valence-corrected chi connectivity index (χ1v) is 12.1. The Morgan fingerprint density at radius 3 is 2.21 bits per heavy atom. The van der Waals surface area contributed by atoms with Crippen molar-refractivity contribution in [1.29, 1.82) is 0 Å². The normalized spacial score (nSPS) is 17.3. The van der Waals surface area contributed by atoms with Gasteiger partial charge in [0.2, 0.25) is 0 Å². The highest BCUT2D eigenvalue weighted by Crippen LogP contribution is 2.29. The monoisotopic (exact) mass is 519 g/mol. The summed E-state index contributed by atoms with van der Waals surface area (Å²) in [5, 5.41) is 0. The number of cyclic esters (lactones) is 1. The molecule has 2 aliphatic rings. The van der Waals surface area contributed by atoms with Crippen LogP contribution in [0.3, 0.4) is 0 Å². The van der Waals surface area contributed by atoms with Crippen molar-refractivity contribution in [3.8, 4) is 0 Å². The summed E-state index contributed by atoms with van der Waals surface area (Å²) in [6.45, 7) is 2.74. The molecule has 0 bridgehead atoms. The Morgan fingerprint density at radius 2 is 1.53 bits per heavy atom. The summed E-state index contributed by atoms with van der Waals surface area (Å²) in [5.41, 5.74) is 2.18. The number of hydrogen-bond acceptors (Lipinski definition) is 8. The van der Waals surface area contributed by atoms with E-state index in [9.17, 15) is 14.4 Å². The van der Waals surface area contributed by atoms with Gasteiger partial charge in [0.05, 0.1) is 29.6 Å². The highest BCUT2D eigenvalue weighted by atomic mass is 19.1. The van der Waals surface area contributed by atoms with Gasteiger partial charge in [-0.2, -0.15) is 0 Å². The summed E-state index contributed by atoms with van der Waals surface area (Å²) in [6, 6.07) is 20.5. The van der Waals surface area contributed by atoms with Gasteiger partial charge in [0.15, 0.2) is 0 Å². The summed E-state index contributed by atoms with van der Waals surface area (Å²) < 4.78 is 30.3. The highest BCUT2D eigenvalue weighted by molar-refractivity contribution is 5.96. The van der Waals surface area contributed by atoms with Gasteiger partial charge in [-0.05, 0) is 48.5 Å². The standard InChI is InChI=1S/C28H26FN3O6/c1-36-26(33)19-6-5-7-20(16-19)27(34)37-25-18-32(28(35)38-25)22-10-11-24(23(29)17-22)31-14-12-30(13-15-31)21-8-3-2-4-9-21/h2-11,16-17,25H,12-15,18H2,1H3/t25-/m1/s1. The minimum absolute atomic E-state index is 0.101. The van der Waals surface area contributed by atoms with Crippen LogP contribution < -0.4 is 14.7 Å². The molecule has 38 heavy (non-hydrogen) atoms. The number of nitrogens with zero attached hydrogens (tertiary/aromatic N) is 3. The molecule has 2 fully saturated rings. The average Bonchev–Trinajstić information content (AvgIpc) is 3.32. The number of anilines is 3. The van der Waals surface area contributed by atoms with Crippen LogP contribution in [0.25, 0.3) is 0 Å². The Morgan fingerprint density at radius 1 is 0.842 bits per heavy atom. The largest absolute Gasteiger partial charge is 0.465 e. The summed E-state index contributed by atoms with van der Waals surface area (Å²) in [7, 11) is 1.24. The number of carbonyl (C=O) groups excluding carboxylic acids is 3. The van der Waals surface area contributed by atoms with Crippen molar-refractivity contribution in [2.45, 2.75) is 6.29 Å². The average molecular weight is 520 g/mol. The second kappa shape index (κ2) is 10.8. The van der Waals surface area contributed by atoms with Gasteiger partial charge >= 0.3 is 18.0 Å². The Hall–Kier alpha value is -4.60. The lowest BCUT2D eigenvalue weighted by Crippen LogP contribution is -2.46. The highest BCUT2D eigenvalue weighted by Gasteiger charge is 2.36. The number of para-hydroxylation sites is 1. The van der Waals surface area contributed by atoms with Gasteiger partial charge in [0.25, 0.3) is 6.29 Å². The predicted octanol–water partition coefficient (Wildman–Crippen LogP) is 4.08. The number of piperazine rings is 1. The molecule has 3 aromatic carbocycles. The zero-order chi connectivity index (χ0) is 26.6. The van der Waals surface area contributed by atoms with Crippen LogP contribution in [0.1, 0.15) is 20.7 Å². The molecule has 2 heterocycles. The first kappa shape index (κ1) is 25.1. The van der Waals surface area contributed by atoms with Crippen LogP contribution in [0.15, 0.2) is 72.8 Å². The number of carbonyl (C=O) groups is 3. The molecule has 0 aromatic heterocycles. The van der Waals surface area contributed by atoms with Gasteiger partial charge in [0.1, 0.15) is 12.4 Å². The number of methoxy groups -OCH3 is 1. The lowest BCUT2D eigenvalue weighted by Gasteiger charge is -2.37. The Bertz CT molecular complexity index is 1340. The Kier molecular flexibility index (Phi) is 7.12. The van der Waals surface area contributed by atoms with Gasteiger partial charge in [-0.25, -0.2) is 18.8 Å². The fourth-order valence-electron chi connectivity index (χ4n) is 4.55. The summed E-state index contributed by atoms with van der Waals surface area (Å²) in [6.07, 6.45) is -1.94. The third kappa shape index (κ3) is 5.24. The summed E-state index contributed by atoms with van der Waals surface area (Å²) >= 11 is 0. The molecular formula is C28H26FN3O6. The van der Waals surface area contributed by atoms with Crippen molar-refractivity contribution in [1.82, 2.24) is 0 Å². The second-order valence-corrected chi connectivity index (χ2v) is 8.85. The van der Waals surface area contributed by atoms with Gasteiger partial charge in [-0.1, -0.05) is 24.3 Å². The van der Waals surface area contributed by atoms with Crippen LogP contribution >= 0.6 is 0 Å². The first-order valence-electron chi connectivity index (χ1n) is 12.1. The Balaban J connectivity index is 1.21. The van der Waals surface area contributed by atoms with Crippen LogP contribution in [0.2, 0.25) is 0 Å². The van der Waals surface area contributed by atoms with Crippen LogP contribution in [-0.2, 0) is 14.2 Å². The smallest absolute Gasteiger partial charge is 0.417 e. The first-order chi connectivity index (χ1) is 18.4. The second-order valence-electron chi connectivity index (χ2n) is 8.85. The van der Waals surface area contributed by atoms with E-state index in [2.05, 4.69) is 21.8 Å². The van der Waals surface area contributed by atoms with E-state index in [4.69, 9.17) is 9.47 Å². The minimum Gasteiger partial charge on any atom is -0.465 e. The zero-order valence-electron chi connectivity index (χ0n) is 20.7. The van der Waals surface area contributed by atoms with E-state index in [0.717, 1.165) is 18.8 Å². The van der Waals surface area contributed by atoms with Gasteiger partial charge in [-0.3, -0.25) is 4.90 Å². The number of halogens is 1. The van der Waals surface area contributed by atoms with E-state index in [0.29, 0.717) is 24.5 Å². The molecule has 10 heteroatoms. The molecule has 5 rings (SSSR count). The molecule has 0 unspecified atom stereocenters. The zero-order valence-corrected chi connectivity index (χ0v) is 20.7. The molecule has 0 aliphatic carbocycles. The number of hydrogen-bond donors (Lipinski definition) is 0. The fourth-order valence-corrected chi connectivity index (χ4v) is 4.55. The number of ether oxygens (including phenoxy) is 3. The molecule has 2 saturated heterocycles. The van der Waals surface area contributed by atoms with E-state index >= 15 is 4.39 Å². The van der Waals surface area contributed by atoms with Crippen LogP contribution in [-0.4, -0.2) is 64.2 Å². The molecule has 0 N–H and O–H groups in total.